The molecule has 0 amide bonds. The lowest BCUT2D eigenvalue weighted by Crippen LogP contribution is -2.09. The molecule has 7 rings (SSSR count). The molecule has 45 heavy (non-hydrogen) atoms. The quantitative estimate of drug-likeness (QED) is 0.154. The number of rotatable bonds is 9. The Kier molecular flexibility index (Phi) is 7.63. The average Bonchev–Trinajstić information content (AvgIpc) is 3.42. The number of hydrogen-bond acceptors (Lipinski definition) is 1. The molecule has 1 heterocycles. The second-order valence-electron chi connectivity index (χ2n) is 11.7. The minimum Gasteiger partial charge on any atom is -0.310 e. The Balaban J connectivity index is 1.38. The van der Waals surface area contributed by atoms with Gasteiger partial charge < -0.3 is 9.47 Å². The lowest BCUT2D eigenvalue weighted by molar-refractivity contribution is 0.972. The van der Waals surface area contributed by atoms with Crippen molar-refractivity contribution in [1.82, 2.24) is 4.57 Å². The van der Waals surface area contributed by atoms with Crippen LogP contribution in [0.15, 0.2) is 170 Å². The third-order valence-corrected chi connectivity index (χ3v) is 8.63. The summed E-state index contributed by atoms with van der Waals surface area (Å²) in [5.41, 5.74) is 13.0. The number of anilines is 3. The molecule has 7 aromatic rings. The molecule has 0 unspecified atom stereocenters. The molecule has 0 N–H and O–H groups in total. The molecule has 1 aromatic heterocycles. The lowest BCUT2D eigenvalue weighted by Gasteiger charge is -2.26. The van der Waals surface area contributed by atoms with Crippen LogP contribution in [0.4, 0.5) is 17.1 Å². The van der Waals surface area contributed by atoms with Crippen molar-refractivity contribution in [2.24, 2.45) is 0 Å². The molecule has 0 saturated heterocycles. The van der Waals surface area contributed by atoms with E-state index in [2.05, 4.69) is 175 Å². The van der Waals surface area contributed by atoms with Crippen molar-refractivity contribution >= 4 is 38.9 Å². The highest BCUT2D eigenvalue weighted by Gasteiger charge is 2.18. The predicted molar refractivity (Wildman–Crippen MR) is 193 cm³/mol. The summed E-state index contributed by atoms with van der Waals surface area (Å²) in [4.78, 5) is 2.35. The van der Waals surface area contributed by atoms with Crippen LogP contribution >= 0.6 is 0 Å². The van der Waals surface area contributed by atoms with Gasteiger partial charge in [-0.1, -0.05) is 109 Å². The van der Waals surface area contributed by atoms with Gasteiger partial charge in [0.1, 0.15) is 0 Å². The number of allylic oxidation sites excluding steroid dienone is 2. The van der Waals surface area contributed by atoms with E-state index in [4.69, 9.17) is 0 Å². The number of benzene rings is 6. The fourth-order valence-corrected chi connectivity index (χ4v) is 6.19. The first kappa shape index (κ1) is 28.2. The van der Waals surface area contributed by atoms with E-state index in [1.54, 1.807) is 0 Å². The smallest absolute Gasteiger partial charge is 0.0542 e. The molecular formula is C43H36N2. The zero-order valence-corrected chi connectivity index (χ0v) is 25.7. The first-order chi connectivity index (χ1) is 22.1. The van der Waals surface area contributed by atoms with Crippen LogP contribution < -0.4 is 4.90 Å². The van der Waals surface area contributed by atoms with E-state index in [0.29, 0.717) is 0 Å². The summed E-state index contributed by atoms with van der Waals surface area (Å²) in [6, 6.07) is 52.6. The molecule has 0 spiro atoms. The first-order valence-corrected chi connectivity index (χ1v) is 15.5. The molecular weight excluding hydrogens is 544 g/mol. The first-order valence-electron chi connectivity index (χ1n) is 15.5. The van der Waals surface area contributed by atoms with Crippen molar-refractivity contribution in [3.8, 4) is 16.8 Å². The molecule has 0 aliphatic carbocycles. The van der Waals surface area contributed by atoms with Crippen LogP contribution in [-0.2, 0) is 6.42 Å². The Hall–Kier alpha value is -5.60. The molecule has 0 aliphatic heterocycles. The number of aryl methyl sites for hydroxylation is 2. The van der Waals surface area contributed by atoms with E-state index in [1.807, 2.05) is 6.08 Å². The molecule has 2 heteroatoms. The molecule has 0 radical (unpaired) electrons. The second-order valence-corrected chi connectivity index (χ2v) is 11.7. The highest BCUT2D eigenvalue weighted by Crippen LogP contribution is 2.40. The normalized spacial score (nSPS) is 11.1. The number of nitrogens with zero attached hydrogens (tertiary/aromatic N) is 2. The molecule has 0 atom stereocenters. The summed E-state index contributed by atoms with van der Waals surface area (Å²) in [6.45, 7) is 10.1. The number of aromatic nitrogens is 1. The fraction of sp³-hybridized carbons (Fsp3) is 0.0698. The van der Waals surface area contributed by atoms with Gasteiger partial charge in [0, 0.05) is 33.5 Å². The predicted octanol–water partition coefficient (Wildman–Crippen LogP) is 11.9. The third kappa shape index (κ3) is 5.59. The van der Waals surface area contributed by atoms with Crippen molar-refractivity contribution in [3.05, 3.63) is 182 Å². The van der Waals surface area contributed by atoms with Gasteiger partial charge in [-0.05, 0) is 103 Å². The van der Waals surface area contributed by atoms with E-state index >= 15 is 0 Å². The van der Waals surface area contributed by atoms with Crippen molar-refractivity contribution in [3.63, 3.8) is 0 Å². The lowest BCUT2D eigenvalue weighted by atomic mass is 10.0. The minimum atomic E-state index is 0.901. The van der Waals surface area contributed by atoms with Crippen LogP contribution in [0.3, 0.4) is 0 Å². The fourth-order valence-electron chi connectivity index (χ4n) is 6.19. The SMILES string of the molecule is C=CC(=C)CCc1ccc2c(c1)c1cc(N(c3ccccc3)c3ccc(-c4ccc(C)cc4)cc3)ccc1n2-c1ccccc1. The molecule has 6 aromatic carbocycles. The van der Waals surface area contributed by atoms with Gasteiger partial charge in [-0.25, -0.2) is 0 Å². The Morgan fingerprint density at radius 1 is 0.622 bits per heavy atom. The van der Waals surface area contributed by atoms with Gasteiger partial charge in [-0.15, -0.1) is 0 Å². The largest absolute Gasteiger partial charge is 0.310 e. The zero-order chi connectivity index (χ0) is 30.8. The van der Waals surface area contributed by atoms with E-state index in [1.165, 1.54) is 44.1 Å². The molecule has 218 valence electrons. The van der Waals surface area contributed by atoms with E-state index in [0.717, 1.165) is 41.2 Å². The van der Waals surface area contributed by atoms with Crippen LogP contribution in [0.1, 0.15) is 17.5 Å². The molecule has 0 bridgehead atoms. The Morgan fingerprint density at radius 3 is 1.84 bits per heavy atom. The van der Waals surface area contributed by atoms with E-state index in [-0.39, 0.29) is 0 Å². The summed E-state index contributed by atoms with van der Waals surface area (Å²) < 4.78 is 2.38. The van der Waals surface area contributed by atoms with Gasteiger partial charge in [0.05, 0.1) is 11.0 Å². The van der Waals surface area contributed by atoms with Crippen molar-refractivity contribution in [2.45, 2.75) is 19.8 Å². The molecule has 2 nitrogen and oxygen atoms in total. The monoisotopic (exact) mass is 580 g/mol. The van der Waals surface area contributed by atoms with Gasteiger partial charge in [-0.3, -0.25) is 0 Å². The summed E-state index contributed by atoms with van der Waals surface area (Å²) in [5.74, 6) is 0. The van der Waals surface area contributed by atoms with Gasteiger partial charge >= 0.3 is 0 Å². The summed E-state index contributed by atoms with van der Waals surface area (Å²) in [7, 11) is 0. The zero-order valence-electron chi connectivity index (χ0n) is 25.7. The summed E-state index contributed by atoms with van der Waals surface area (Å²) in [6.07, 6.45) is 3.69. The maximum atomic E-state index is 4.13. The van der Waals surface area contributed by atoms with Gasteiger partial charge in [0.2, 0.25) is 0 Å². The summed E-state index contributed by atoms with van der Waals surface area (Å²) >= 11 is 0. The Morgan fingerprint density at radius 2 is 1.18 bits per heavy atom. The highest BCUT2D eigenvalue weighted by atomic mass is 15.1. The van der Waals surface area contributed by atoms with Crippen molar-refractivity contribution in [2.75, 3.05) is 4.90 Å². The minimum absolute atomic E-state index is 0.901. The van der Waals surface area contributed by atoms with E-state index < -0.39 is 0 Å². The number of hydrogen-bond donors (Lipinski definition) is 0. The third-order valence-electron chi connectivity index (χ3n) is 8.63. The molecule has 0 saturated carbocycles. The van der Waals surface area contributed by atoms with Crippen LogP contribution in [0.5, 0.6) is 0 Å². The second kappa shape index (κ2) is 12.2. The Bertz CT molecular complexity index is 2120. The Labute approximate surface area is 265 Å². The number of fused-ring (bicyclic) bond motifs is 3. The average molecular weight is 581 g/mol. The molecule has 0 aliphatic rings. The molecule has 0 fully saturated rings. The topological polar surface area (TPSA) is 8.17 Å². The van der Waals surface area contributed by atoms with Crippen LogP contribution in [-0.4, -0.2) is 4.57 Å². The van der Waals surface area contributed by atoms with Crippen LogP contribution in [0.2, 0.25) is 0 Å². The maximum Gasteiger partial charge on any atom is 0.0542 e. The van der Waals surface area contributed by atoms with Gasteiger partial charge in [-0.2, -0.15) is 0 Å². The maximum absolute atomic E-state index is 4.13. The van der Waals surface area contributed by atoms with Crippen LogP contribution in [0.25, 0.3) is 38.6 Å². The summed E-state index contributed by atoms with van der Waals surface area (Å²) in [5, 5.41) is 2.48. The number of para-hydroxylation sites is 2. The standard InChI is InChI=1S/C43H36N2/c1-4-31(2)15-18-33-19-27-42-40(29-33)41-30-39(26-28-43(41)45(42)37-13-9-6-10-14-37)44(36-11-7-5-8-12-36)38-24-22-35(23-25-38)34-20-16-32(3)17-21-34/h4-14,16-17,19-30H,1-2,15,18H2,3H3. The van der Waals surface area contributed by atoms with Crippen molar-refractivity contribution < 1.29 is 0 Å². The van der Waals surface area contributed by atoms with Crippen molar-refractivity contribution in [1.29, 1.82) is 0 Å². The van der Waals surface area contributed by atoms with Gasteiger partial charge in [0.15, 0.2) is 0 Å². The van der Waals surface area contributed by atoms with Gasteiger partial charge in [0.25, 0.3) is 0 Å². The highest BCUT2D eigenvalue weighted by molar-refractivity contribution is 6.11. The van der Waals surface area contributed by atoms with E-state index in [9.17, 15) is 0 Å². The van der Waals surface area contributed by atoms with Crippen LogP contribution in [0, 0.1) is 6.92 Å².